The summed E-state index contributed by atoms with van der Waals surface area (Å²) >= 11 is 2.42. The molecule has 2 aromatic rings. The molecule has 1 atom stereocenters. The van der Waals surface area contributed by atoms with Gasteiger partial charge >= 0.3 is 0 Å². The molecule has 10 heteroatoms. The number of aliphatic hydroxyl groups is 1. The Hall–Kier alpha value is -2.01. The van der Waals surface area contributed by atoms with Crippen molar-refractivity contribution in [3.8, 4) is 0 Å². The van der Waals surface area contributed by atoms with Gasteiger partial charge in [0.05, 0.1) is 19.4 Å². The molecular weight excluding hydrogens is 417 g/mol. The van der Waals surface area contributed by atoms with E-state index in [0.717, 1.165) is 41.0 Å². The summed E-state index contributed by atoms with van der Waals surface area (Å²) in [5.41, 5.74) is 0.669. The molecule has 7 nitrogen and oxygen atoms in total. The van der Waals surface area contributed by atoms with E-state index in [9.17, 15) is 9.18 Å². The van der Waals surface area contributed by atoms with E-state index in [4.69, 9.17) is 14.7 Å². The van der Waals surface area contributed by atoms with E-state index in [2.05, 4.69) is 15.5 Å². The third-order valence-corrected chi connectivity index (χ3v) is 5.84. The van der Waals surface area contributed by atoms with Crippen molar-refractivity contribution in [1.82, 2.24) is 4.98 Å². The van der Waals surface area contributed by atoms with E-state index in [-0.39, 0.29) is 23.6 Å². The molecule has 1 aliphatic heterocycles. The van der Waals surface area contributed by atoms with Gasteiger partial charge in [-0.15, -0.1) is 11.8 Å². The number of carbonyl (C=O) groups excluding carboxylic acids is 1. The highest BCUT2D eigenvalue weighted by atomic mass is 32.2. The first kappa shape index (κ1) is 21.7. The number of carbonyl (C=O) groups is 1. The zero-order chi connectivity index (χ0) is 20.5. The largest absolute Gasteiger partial charge is 0.396 e. The quantitative estimate of drug-likeness (QED) is 0.255. The summed E-state index contributed by atoms with van der Waals surface area (Å²) < 4.78 is 18.4. The minimum absolute atomic E-state index is 0.0874. The maximum absolute atomic E-state index is 13.2. The zero-order valence-electron chi connectivity index (χ0n) is 15.7. The molecule has 1 saturated heterocycles. The lowest BCUT2D eigenvalue weighted by molar-refractivity contribution is -0.110. The van der Waals surface area contributed by atoms with Crippen molar-refractivity contribution in [3.63, 3.8) is 0 Å². The number of thioether (sulfide) groups is 1. The first-order valence-electron chi connectivity index (χ1n) is 9.24. The van der Waals surface area contributed by atoms with Crippen LogP contribution in [0.25, 0.3) is 0 Å². The van der Waals surface area contributed by atoms with E-state index >= 15 is 0 Å². The van der Waals surface area contributed by atoms with Crippen LogP contribution < -0.4 is 5.32 Å². The average molecular weight is 440 g/mol. The molecule has 1 aliphatic rings. The van der Waals surface area contributed by atoms with Crippen molar-refractivity contribution < 1.29 is 23.9 Å². The maximum Gasteiger partial charge on any atom is 0.280 e. The Balaban J connectivity index is 1.71. The number of hydrogen-bond acceptors (Lipinski definition) is 8. The number of oxime groups is 1. The fourth-order valence-corrected chi connectivity index (χ4v) is 3.98. The van der Waals surface area contributed by atoms with Crippen LogP contribution in [-0.4, -0.2) is 53.4 Å². The van der Waals surface area contributed by atoms with Crippen LogP contribution in [0.3, 0.4) is 0 Å². The number of nitrogens with one attached hydrogen (secondary N) is 1. The second-order valence-corrected chi connectivity index (χ2v) is 8.41. The molecule has 1 amide bonds. The van der Waals surface area contributed by atoms with Crippen LogP contribution in [0.1, 0.15) is 24.8 Å². The number of halogens is 1. The van der Waals surface area contributed by atoms with Crippen molar-refractivity contribution in [3.05, 3.63) is 41.2 Å². The van der Waals surface area contributed by atoms with Gasteiger partial charge in [-0.3, -0.25) is 10.1 Å². The Kier molecular flexibility index (Phi) is 8.41. The normalized spacial score (nSPS) is 16.8. The lowest BCUT2D eigenvalue weighted by Gasteiger charge is -2.10. The molecule has 0 saturated carbocycles. The van der Waals surface area contributed by atoms with Crippen LogP contribution in [0.5, 0.6) is 0 Å². The maximum atomic E-state index is 13.2. The molecule has 2 N–H and O–H groups in total. The Labute approximate surface area is 176 Å². The molecule has 0 bridgehead atoms. The van der Waals surface area contributed by atoms with Gasteiger partial charge in [0.15, 0.2) is 22.1 Å². The monoisotopic (exact) mass is 439 g/mol. The highest BCUT2D eigenvalue weighted by Gasteiger charge is 2.21. The van der Waals surface area contributed by atoms with E-state index in [0.29, 0.717) is 25.2 Å². The predicted molar refractivity (Wildman–Crippen MR) is 111 cm³/mol. The summed E-state index contributed by atoms with van der Waals surface area (Å²) in [6.45, 7) is 1.23. The van der Waals surface area contributed by atoms with Gasteiger partial charge in [0, 0.05) is 23.5 Å². The predicted octanol–water partition coefficient (Wildman–Crippen LogP) is 3.30. The minimum Gasteiger partial charge on any atom is -0.396 e. The third-order valence-electron chi connectivity index (χ3n) is 4.04. The Morgan fingerprint density at radius 2 is 2.24 bits per heavy atom. The summed E-state index contributed by atoms with van der Waals surface area (Å²) in [5, 5.41) is 15.1. The topological polar surface area (TPSA) is 93.0 Å². The van der Waals surface area contributed by atoms with E-state index in [1.807, 2.05) is 12.1 Å². The standard InChI is InChI=1S/C19H22FN3O4S2/c20-16-11-21-19(29-16)22-18(25)17(23-27-14-7-9-26-12-14)13-3-5-15(6-4-13)28-10-2-1-8-24/h3-6,11,14,24H,1-2,7-10,12H2,(H,21,22,25)/t14-/m1/s1. The molecule has 1 fully saturated rings. The highest BCUT2D eigenvalue weighted by Crippen LogP contribution is 2.21. The van der Waals surface area contributed by atoms with Crippen LogP contribution >= 0.6 is 23.1 Å². The fraction of sp³-hybridized carbons (Fsp3) is 0.421. The lowest BCUT2D eigenvalue weighted by Crippen LogP contribution is -2.25. The molecule has 156 valence electrons. The second-order valence-electron chi connectivity index (χ2n) is 6.26. The number of unbranched alkanes of at least 4 members (excludes halogenated alkanes) is 1. The van der Waals surface area contributed by atoms with E-state index < -0.39 is 11.0 Å². The van der Waals surface area contributed by atoms with Crippen LogP contribution in [-0.2, 0) is 14.4 Å². The Morgan fingerprint density at radius 1 is 1.41 bits per heavy atom. The van der Waals surface area contributed by atoms with Crippen molar-refractivity contribution in [2.45, 2.75) is 30.3 Å². The number of benzene rings is 1. The smallest absolute Gasteiger partial charge is 0.280 e. The molecular formula is C19H22FN3O4S2. The second kappa shape index (κ2) is 11.2. The highest BCUT2D eigenvalue weighted by molar-refractivity contribution is 7.99. The fourth-order valence-electron chi connectivity index (χ4n) is 2.53. The Bertz CT molecular complexity index is 823. The van der Waals surface area contributed by atoms with Gasteiger partial charge < -0.3 is 14.7 Å². The minimum atomic E-state index is -0.526. The van der Waals surface area contributed by atoms with Gasteiger partial charge in [-0.1, -0.05) is 28.6 Å². The number of rotatable bonds is 10. The van der Waals surface area contributed by atoms with Gasteiger partial charge in [0.1, 0.15) is 0 Å². The first-order valence-corrected chi connectivity index (χ1v) is 11.0. The third kappa shape index (κ3) is 6.77. The summed E-state index contributed by atoms with van der Waals surface area (Å²) in [5.74, 6) is 0.378. The van der Waals surface area contributed by atoms with Crippen molar-refractivity contribution >= 4 is 39.8 Å². The number of nitrogens with zero attached hydrogens (tertiary/aromatic N) is 2. The molecule has 0 radical (unpaired) electrons. The summed E-state index contributed by atoms with van der Waals surface area (Å²) in [6.07, 6.45) is 3.27. The average Bonchev–Trinajstić information content (AvgIpc) is 3.38. The van der Waals surface area contributed by atoms with E-state index in [1.165, 1.54) is 0 Å². The van der Waals surface area contributed by atoms with Gasteiger partial charge in [0.25, 0.3) is 5.91 Å². The van der Waals surface area contributed by atoms with Crippen LogP contribution in [0.15, 0.2) is 40.5 Å². The Morgan fingerprint density at radius 3 is 2.90 bits per heavy atom. The number of aromatic nitrogens is 1. The SMILES string of the molecule is O=C(Nc1ncc(F)s1)C(=NO[C@@H]1CCOC1)c1ccc(SCCCCO)cc1. The molecule has 1 aromatic heterocycles. The number of ether oxygens (including phenoxy) is 1. The first-order chi connectivity index (χ1) is 14.2. The molecule has 0 aliphatic carbocycles. The van der Waals surface area contributed by atoms with Crippen LogP contribution in [0.2, 0.25) is 0 Å². The molecule has 0 unspecified atom stereocenters. The van der Waals surface area contributed by atoms with Gasteiger partial charge in [-0.2, -0.15) is 4.39 Å². The molecule has 1 aromatic carbocycles. The molecule has 0 spiro atoms. The van der Waals surface area contributed by atoms with E-state index in [1.54, 1.807) is 23.9 Å². The molecule has 2 heterocycles. The zero-order valence-corrected chi connectivity index (χ0v) is 17.3. The number of anilines is 1. The summed E-state index contributed by atoms with van der Waals surface area (Å²) in [4.78, 5) is 23.1. The number of thiazole rings is 1. The summed E-state index contributed by atoms with van der Waals surface area (Å²) in [6, 6.07) is 7.40. The van der Waals surface area contributed by atoms with Crippen LogP contribution in [0.4, 0.5) is 9.52 Å². The van der Waals surface area contributed by atoms with Gasteiger partial charge in [0.2, 0.25) is 0 Å². The number of amides is 1. The summed E-state index contributed by atoms with van der Waals surface area (Å²) in [7, 11) is 0. The van der Waals surface area contributed by atoms with Crippen molar-refractivity contribution in [2.75, 3.05) is 30.9 Å². The van der Waals surface area contributed by atoms with Crippen molar-refractivity contribution in [2.24, 2.45) is 5.16 Å². The lowest BCUT2D eigenvalue weighted by atomic mass is 10.1. The van der Waals surface area contributed by atoms with Crippen molar-refractivity contribution in [1.29, 1.82) is 0 Å². The van der Waals surface area contributed by atoms with Gasteiger partial charge in [-0.25, -0.2) is 4.98 Å². The number of hydrogen-bond donors (Lipinski definition) is 2. The molecule has 29 heavy (non-hydrogen) atoms. The number of aliphatic hydroxyl groups excluding tert-OH is 1. The van der Waals surface area contributed by atoms with Gasteiger partial charge in [-0.05, 0) is 30.7 Å². The molecule has 3 rings (SSSR count). The van der Waals surface area contributed by atoms with Crippen LogP contribution in [0, 0.1) is 5.13 Å².